The van der Waals surface area contributed by atoms with Crippen molar-refractivity contribution in [2.75, 3.05) is 11.9 Å². The molecule has 2 aromatic rings. The second kappa shape index (κ2) is 14.4. The van der Waals surface area contributed by atoms with Crippen LogP contribution in [0.4, 0.5) is 19.3 Å². The number of anilines is 1. The molecule has 0 aliphatic rings. The quantitative estimate of drug-likeness (QED) is 0.203. The fourth-order valence-corrected chi connectivity index (χ4v) is 2.67. The summed E-state index contributed by atoms with van der Waals surface area (Å²) in [5.41, 5.74) is 2.24. The summed E-state index contributed by atoms with van der Waals surface area (Å²) in [4.78, 5) is 16.3. The molecule has 0 unspecified atom stereocenters. The maximum absolute atomic E-state index is 12.6. The van der Waals surface area contributed by atoms with Crippen molar-refractivity contribution in [3.8, 4) is 5.75 Å². The van der Waals surface area contributed by atoms with E-state index in [0.29, 0.717) is 30.3 Å². The van der Waals surface area contributed by atoms with Crippen LogP contribution in [0, 0.1) is 0 Å². The minimum atomic E-state index is -2.88. The lowest BCUT2D eigenvalue weighted by Crippen LogP contribution is -2.36. The average Bonchev–Trinajstić information content (AvgIpc) is 2.71. The van der Waals surface area contributed by atoms with Gasteiger partial charge in [-0.25, -0.2) is 9.79 Å². The number of aliphatic imine (C=N–C) groups is 1. The fourth-order valence-electron chi connectivity index (χ4n) is 2.67. The Morgan fingerprint density at radius 2 is 1.75 bits per heavy atom. The highest BCUT2D eigenvalue weighted by atomic mass is 127. The van der Waals surface area contributed by atoms with E-state index in [4.69, 9.17) is 0 Å². The summed E-state index contributed by atoms with van der Waals surface area (Å²) >= 11 is 0. The van der Waals surface area contributed by atoms with Gasteiger partial charge < -0.3 is 26.0 Å². The van der Waals surface area contributed by atoms with Crippen LogP contribution in [0.5, 0.6) is 5.75 Å². The van der Waals surface area contributed by atoms with Gasteiger partial charge in [0.2, 0.25) is 0 Å². The summed E-state index contributed by atoms with van der Waals surface area (Å²) in [6.45, 7) is 4.17. The second-order valence-electron chi connectivity index (χ2n) is 6.99. The first-order valence-electron chi connectivity index (χ1n) is 10.1. The van der Waals surface area contributed by atoms with Crippen LogP contribution >= 0.6 is 24.0 Å². The van der Waals surface area contributed by atoms with E-state index in [-0.39, 0.29) is 48.3 Å². The van der Waals surface area contributed by atoms with Gasteiger partial charge in [-0.05, 0) is 44.5 Å². The van der Waals surface area contributed by atoms with Crippen LogP contribution in [0.25, 0.3) is 0 Å². The topological polar surface area (TPSA) is 86.8 Å². The van der Waals surface area contributed by atoms with Crippen LogP contribution in [-0.4, -0.2) is 31.2 Å². The Kier molecular flexibility index (Phi) is 12.4. The molecule has 7 nitrogen and oxygen atoms in total. The molecule has 10 heteroatoms. The molecule has 32 heavy (non-hydrogen) atoms. The summed E-state index contributed by atoms with van der Waals surface area (Å²) in [5.74, 6) is 0.679. The molecule has 0 saturated heterocycles. The molecule has 0 radical (unpaired) electrons. The third kappa shape index (κ3) is 10.1. The number of carbonyl (C=O) groups excluding carboxylic acids is 1. The monoisotopic (exact) mass is 561 g/mol. The van der Waals surface area contributed by atoms with E-state index in [1.165, 1.54) is 6.07 Å². The molecular weight excluding hydrogens is 531 g/mol. The molecule has 0 atom stereocenters. The van der Waals surface area contributed by atoms with Gasteiger partial charge in [-0.15, -0.1) is 24.0 Å². The van der Waals surface area contributed by atoms with Gasteiger partial charge in [0.15, 0.2) is 5.96 Å². The van der Waals surface area contributed by atoms with Crippen molar-refractivity contribution >= 4 is 41.7 Å². The number of urea groups is 1. The van der Waals surface area contributed by atoms with Crippen LogP contribution in [0.2, 0.25) is 0 Å². The van der Waals surface area contributed by atoms with Crippen LogP contribution in [0.1, 0.15) is 31.9 Å². The highest BCUT2D eigenvalue weighted by Crippen LogP contribution is 2.20. The lowest BCUT2D eigenvalue weighted by Gasteiger charge is -2.14. The van der Waals surface area contributed by atoms with Gasteiger partial charge in [-0.2, -0.15) is 8.78 Å². The van der Waals surface area contributed by atoms with Gasteiger partial charge in [0.05, 0.1) is 6.54 Å². The highest BCUT2D eigenvalue weighted by molar-refractivity contribution is 14.0. The van der Waals surface area contributed by atoms with Gasteiger partial charge in [-0.1, -0.05) is 30.3 Å². The standard InChI is InChI=1S/C22H29F2N5O2.HI/c1-4-25-21(27-14-17-7-5-6-8-19(17)31-20(23)24)26-13-16-9-11-18(12-10-16)29-22(30)28-15(2)3;/h5-12,15,20H,4,13-14H2,1-3H3,(H2,25,26,27)(H2,28,29,30);1H. The number of halogens is 3. The Balaban J connectivity index is 0.00000512. The molecule has 0 heterocycles. The number of carbonyl (C=O) groups is 1. The zero-order valence-corrected chi connectivity index (χ0v) is 20.7. The van der Waals surface area contributed by atoms with E-state index in [1.807, 2.05) is 45.0 Å². The first-order valence-corrected chi connectivity index (χ1v) is 10.1. The van der Waals surface area contributed by atoms with Gasteiger partial charge in [0.1, 0.15) is 5.75 Å². The predicted molar refractivity (Wildman–Crippen MR) is 134 cm³/mol. The number of alkyl halides is 2. The van der Waals surface area contributed by atoms with Crippen molar-refractivity contribution in [3.05, 3.63) is 59.7 Å². The van der Waals surface area contributed by atoms with E-state index >= 15 is 0 Å². The Morgan fingerprint density at radius 1 is 1.06 bits per heavy atom. The van der Waals surface area contributed by atoms with Crippen molar-refractivity contribution in [2.24, 2.45) is 4.99 Å². The Bertz CT molecular complexity index is 864. The van der Waals surface area contributed by atoms with Gasteiger partial charge in [0, 0.05) is 30.4 Å². The van der Waals surface area contributed by atoms with Crippen molar-refractivity contribution in [3.63, 3.8) is 0 Å². The van der Waals surface area contributed by atoms with E-state index < -0.39 is 6.61 Å². The van der Waals surface area contributed by atoms with Crippen LogP contribution in [0.3, 0.4) is 0 Å². The minimum Gasteiger partial charge on any atom is -0.434 e. The Hall–Kier alpha value is -2.63. The number of guanidine groups is 1. The van der Waals surface area contributed by atoms with E-state index in [2.05, 4.69) is 31.0 Å². The van der Waals surface area contributed by atoms with Crippen molar-refractivity contribution in [1.29, 1.82) is 0 Å². The first-order chi connectivity index (χ1) is 14.9. The molecule has 176 valence electrons. The van der Waals surface area contributed by atoms with Crippen molar-refractivity contribution in [2.45, 2.75) is 46.5 Å². The highest BCUT2D eigenvalue weighted by Gasteiger charge is 2.09. The number of para-hydroxylation sites is 1. The summed E-state index contributed by atoms with van der Waals surface area (Å²) in [7, 11) is 0. The molecule has 0 saturated carbocycles. The van der Waals surface area contributed by atoms with Gasteiger partial charge in [0.25, 0.3) is 0 Å². The number of ether oxygens (including phenoxy) is 1. The number of hydrogen-bond acceptors (Lipinski definition) is 3. The summed E-state index contributed by atoms with van der Waals surface area (Å²) in [6.07, 6.45) is 0. The molecule has 0 aliphatic heterocycles. The number of nitrogens with one attached hydrogen (secondary N) is 4. The van der Waals surface area contributed by atoms with E-state index in [1.54, 1.807) is 18.2 Å². The van der Waals surface area contributed by atoms with Gasteiger partial charge >= 0.3 is 12.6 Å². The summed E-state index contributed by atoms with van der Waals surface area (Å²) in [5, 5.41) is 11.8. The molecule has 0 fully saturated rings. The predicted octanol–water partition coefficient (Wildman–Crippen LogP) is 4.69. The summed E-state index contributed by atoms with van der Waals surface area (Å²) < 4.78 is 29.7. The Morgan fingerprint density at radius 3 is 2.38 bits per heavy atom. The number of rotatable bonds is 9. The largest absolute Gasteiger partial charge is 0.434 e. The van der Waals surface area contributed by atoms with Crippen LogP contribution in [-0.2, 0) is 13.1 Å². The molecule has 2 aromatic carbocycles. The number of benzene rings is 2. The third-order valence-electron chi connectivity index (χ3n) is 4.03. The molecule has 0 aliphatic carbocycles. The van der Waals surface area contributed by atoms with Gasteiger partial charge in [-0.3, -0.25) is 0 Å². The van der Waals surface area contributed by atoms with Crippen LogP contribution < -0.4 is 26.0 Å². The zero-order chi connectivity index (χ0) is 22.6. The van der Waals surface area contributed by atoms with Crippen molar-refractivity contribution in [1.82, 2.24) is 16.0 Å². The normalized spacial score (nSPS) is 11.0. The smallest absolute Gasteiger partial charge is 0.387 e. The minimum absolute atomic E-state index is 0. The molecule has 4 N–H and O–H groups in total. The molecule has 0 bridgehead atoms. The maximum Gasteiger partial charge on any atom is 0.387 e. The molecule has 2 rings (SSSR count). The number of nitrogens with zero attached hydrogens (tertiary/aromatic N) is 1. The molecular formula is C22H30F2IN5O2. The summed E-state index contributed by atoms with van der Waals surface area (Å²) in [6, 6.07) is 13.8. The molecule has 0 spiro atoms. The third-order valence-corrected chi connectivity index (χ3v) is 4.03. The lowest BCUT2D eigenvalue weighted by molar-refractivity contribution is -0.0504. The average molecular weight is 561 g/mol. The maximum atomic E-state index is 12.6. The van der Waals surface area contributed by atoms with E-state index in [9.17, 15) is 13.6 Å². The molecule has 2 amide bonds. The SMILES string of the molecule is CCNC(=NCc1ccc(NC(=O)NC(C)C)cc1)NCc1ccccc1OC(F)F.I. The zero-order valence-electron chi connectivity index (χ0n) is 18.3. The number of hydrogen-bond donors (Lipinski definition) is 4. The lowest BCUT2D eigenvalue weighted by atomic mass is 10.2. The Labute approximate surface area is 204 Å². The number of amides is 2. The second-order valence-corrected chi connectivity index (χ2v) is 6.99. The fraction of sp³-hybridized carbons (Fsp3) is 0.364. The van der Waals surface area contributed by atoms with E-state index in [0.717, 1.165) is 5.56 Å². The molecule has 0 aromatic heterocycles. The first kappa shape index (κ1) is 27.4. The van der Waals surface area contributed by atoms with Crippen molar-refractivity contribution < 1.29 is 18.3 Å². The van der Waals surface area contributed by atoms with Crippen LogP contribution in [0.15, 0.2) is 53.5 Å².